The van der Waals surface area contributed by atoms with Crippen molar-refractivity contribution >= 4 is 11.8 Å². The molecule has 1 saturated carbocycles. The van der Waals surface area contributed by atoms with Gasteiger partial charge in [-0.05, 0) is 39.0 Å². The Kier molecular flexibility index (Phi) is 4.83. The van der Waals surface area contributed by atoms with Crippen molar-refractivity contribution in [2.75, 3.05) is 13.1 Å². The van der Waals surface area contributed by atoms with Gasteiger partial charge in [0.2, 0.25) is 11.8 Å². The largest absolute Gasteiger partial charge is 0.353 e. The molecule has 2 rings (SSSR count). The first-order valence-electron chi connectivity index (χ1n) is 7.71. The molecule has 1 heterocycles. The lowest BCUT2D eigenvalue weighted by atomic mass is 9.83. The molecule has 0 aromatic rings. The molecule has 0 bridgehead atoms. The third-order valence-electron chi connectivity index (χ3n) is 4.63. The van der Waals surface area contributed by atoms with E-state index in [-0.39, 0.29) is 23.8 Å². The van der Waals surface area contributed by atoms with Gasteiger partial charge in [0.15, 0.2) is 0 Å². The fourth-order valence-electron chi connectivity index (χ4n) is 2.74. The summed E-state index contributed by atoms with van der Waals surface area (Å²) < 4.78 is 0. The predicted molar refractivity (Wildman–Crippen MR) is 74.5 cm³/mol. The summed E-state index contributed by atoms with van der Waals surface area (Å²) in [5.41, 5.74) is 0. The van der Waals surface area contributed by atoms with Crippen molar-refractivity contribution in [2.45, 2.75) is 58.4 Å². The van der Waals surface area contributed by atoms with Gasteiger partial charge in [-0.15, -0.1) is 0 Å². The number of amides is 2. The van der Waals surface area contributed by atoms with E-state index in [2.05, 4.69) is 12.2 Å². The van der Waals surface area contributed by atoms with Crippen LogP contribution in [0.3, 0.4) is 0 Å². The van der Waals surface area contributed by atoms with E-state index in [1.165, 1.54) is 6.42 Å². The van der Waals surface area contributed by atoms with Crippen molar-refractivity contribution in [3.8, 4) is 0 Å². The first kappa shape index (κ1) is 14.4. The van der Waals surface area contributed by atoms with Crippen LogP contribution in [0.15, 0.2) is 0 Å². The lowest BCUT2D eigenvalue weighted by Crippen LogP contribution is -2.47. The van der Waals surface area contributed by atoms with Gasteiger partial charge in [-0.2, -0.15) is 0 Å². The molecule has 1 saturated heterocycles. The Labute approximate surface area is 115 Å². The van der Waals surface area contributed by atoms with E-state index in [9.17, 15) is 9.59 Å². The molecule has 4 heteroatoms. The van der Waals surface area contributed by atoms with Gasteiger partial charge >= 0.3 is 0 Å². The summed E-state index contributed by atoms with van der Waals surface area (Å²) >= 11 is 0. The van der Waals surface area contributed by atoms with Crippen LogP contribution in [0.2, 0.25) is 0 Å². The van der Waals surface area contributed by atoms with E-state index in [0.29, 0.717) is 5.91 Å². The minimum absolute atomic E-state index is 0.0967. The van der Waals surface area contributed by atoms with Gasteiger partial charge in [-0.1, -0.05) is 13.3 Å². The number of piperidine rings is 1. The average molecular weight is 266 g/mol. The monoisotopic (exact) mass is 266 g/mol. The second kappa shape index (κ2) is 6.40. The molecule has 2 fully saturated rings. The van der Waals surface area contributed by atoms with E-state index in [1.807, 2.05) is 11.8 Å². The highest BCUT2D eigenvalue weighted by atomic mass is 16.2. The van der Waals surface area contributed by atoms with Crippen LogP contribution in [0.25, 0.3) is 0 Å². The van der Waals surface area contributed by atoms with Crippen molar-refractivity contribution in [1.82, 2.24) is 10.2 Å². The standard InChI is InChI=1S/C15H26N2O2/c1-3-11(2)16-14(18)12-7-9-17(10-8-12)15(19)13-5-4-6-13/h11-13H,3-10H2,1-2H3,(H,16,18). The summed E-state index contributed by atoms with van der Waals surface area (Å²) in [7, 11) is 0. The first-order chi connectivity index (χ1) is 9.11. The van der Waals surface area contributed by atoms with Crippen molar-refractivity contribution in [3.05, 3.63) is 0 Å². The number of nitrogens with zero attached hydrogens (tertiary/aromatic N) is 1. The van der Waals surface area contributed by atoms with E-state index in [1.54, 1.807) is 0 Å². The quantitative estimate of drug-likeness (QED) is 0.845. The Balaban J connectivity index is 1.75. The molecule has 1 N–H and O–H groups in total. The van der Waals surface area contributed by atoms with E-state index < -0.39 is 0 Å². The van der Waals surface area contributed by atoms with Crippen molar-refractivity contribution in [1.29, 1.82) is 0 Å². The maximum atomic E-state index is 12.1. The normalized spacial score (nSPS) is 22.7. The number of carbonyl (C=O) groups is 2. The molecule has 1 aliphatic carbocycles. The zero-order valence-electron chi connectivity index (χ0n) is 12.2. The Morgan fingerprint density at radius 3 is 2.26 bits per heavy atom. The second-order valence-electron chi connectivity index (χ2n) is 6.05. The first-order valence-corrected chi connectivity index (χ1v) is 7.71. The van der Waals surface area contributed by atoms with Gasteiger partial charge in [0.05, 0.1) is 0 Å². The minimum atomic E-state index is 0.0967. The third-order valence-corrected chi connectivity index (χ3v) is 4.63. The van der Waals surface area contributed by atoms with Crippen LogP contribution in [0.5, 0.6) is 0 Å². The maximum Gasteiger partial charge on any atom is 0.225 e. The molecule has 2 amide bonds. The van der Waals surface area contributed by atoms with Crippen LogP contribution in [0.4, 0.5) is 0 Å². The van der Waals surface area contributed by atoms with Crippen LogP contribution in [-0.2, 0) is 9.59 Å². The van der Waals surface area contributed by atoms with Crippen molar-refractivity contribution in [3.63, 3.8) is 0 Å². The number of hydrogen-bond donors (Lipinski definition) is 1. The van der Waals surface area contributed by atoms with Gasteiger partial charge < -0.3 is 10.2 Å². The van der Waals surface area contributed by atoms with E-state index in [4.69, 9.17) is 0 Å². The molecular weight excluding hydrogens is 240 g/mol. The zero-order chi connectivity index (χ0) is 13.8. The number of nitrogens with one attached hydrogen (secondary N) is 1. The lowest BCUT2D eigenvalue weighted by molar-refractivity contribution is -0.141. The average Bonchev–Trinajstić information content (AvgIpc) is 2.36. The Hall–Kier alpha value is -1.06. The minimum Gasteiger partial charge on any atom is -0.353 e. The molecular formula is C15H26N2O2. The van der Waals surface area contributed by atoms with E-state index in [0.717, 1.165) is 45.2 Å². The van der Waals surface area contributed by atoms with Gasteiger partial charge in [-0.25, -0.2) is 0 Å². The molecule has 0 aromatic carbocycles. The van der Waals surface area contributed by atoms with Crippen LogP contribution in [-0.4, -0.2) is 35.8 Å². The second-order valence-corrected chi connectivity index (χ2v) is 6.05. The summed E-state index contributed by atoms with van der Waals surface area (Å²) in [6.07, 6.45) is 5.93. The summed E-state index contributed by atoms with van der Waals surface area (Å²) in [5.74, 6) is 0.877. The fourth-order valence-corrected chi connectivity index (χ4v) is 2.74. The van der Waals surface area contributed by atoms with E-state index >= 15 is 0 Å². The lowest BCUT2D eigenvalue weighted by Gasteiger charge is -2.36. The van der Waals surface area contributed by atoms with Crippen molar-refractivity contribution in [2.24, 2.45) is 11.8 Å². The van der Waals surface area contributed by atoms with Gasteiger partial charge in [-0.3, -0.25) is 9.59 Å². The molecule has 1 unspecified atom stereocenters. The van der Waals surface area contributed by atoms with Crippen LogP contribution < -0.4 is 5.32 Å². The highest BCUT2D eigenvalue weighted by Gasteiger charge is 2.33. The smallest absolute Gasteiger partial charge is 0.225 e. The molecule has 0 radical (unpaired) electrons. The predicted octanol–water partition coefficient (Wildman–Crippen LogP) is 1.94. The molecule has 19 heavy (non-hydrogen) atoms. The Bertz CT molecular complexity index is 331. The molecule has 1 atom stereocenters. The summed E-state index contributed by atoms with van der Waals surface area (Å²) in [6.45, 7) is 5.62. The van der Waals surface area contributed by atoms with Crippen LogP contribution in [0.1, 0.15) is 52.4 Å². The van der Waals surface area contributed by atoms with Gasteiger partial charge in [0.1, 0.15) is 0 Å². The molecule has 108 valence electrons. The topological polar surface area (TPSA) is 49.4 Å². The number of likely N-dealkylation sites (tertiary alicyclic amines) is 1. The zero-order valence-corrected chi connectivity index (χ0v) is 12.2. The summed E-state index contributed by atoms with van der Waals surface area (Å²) in [6, 6.07) is 0.252. The number of hydrogen-bond acceptors (Lipinski definition) is 2. The molecule has 4 nitrogen and oxygen atoms in total. The van der Waals surface area contributed by atoms with Crippen LogP contribution >= 0.6 is 0 Å². The van der Waals surface area contributed by atoms with Crippen molar-refractivity contribution < 1.29 is 9.59 Å². The Morgan fingerprint density at radius 2 is 1.79 bits per heavy atom. The van der Waals surface area contributed by atoms with Crippen LogP contribution in [0, 0.1) is 11.8 Å². The highest BCUT2D eigenvalue weighted by Crippen LogP contribution is 2.30. The van der Waals surface area contributed by atoms with Gasteiger partial charge in [0, 0.05) is 31.0 Å². The summed E-state index contributed by atoms with van der Waals surface area (Å²) in [5, 5.41) is 3.05. The number of rotatable bonds is 4. The SMILES string of the molecule is CCC(C)NC(=O)C1CCN(C(=O)C2CCC2)CC1. The fraction of sp³-hybridized carbons (Fsp3) is 0.867. The maximum absolute atomic E-state index is 12.1. The third kappa shape index (κ3) is 3.48. The molecule has 2 aliphatic rings. The Morgan fingerprint density at radius 1 is 1.16 bits per heavy atom. The molecule has 1 aliphatic heterocycles. The highest BCUT2D eigenvalue weighted by molar-refractivity contribution is 5.81. The van der Waals surface area contributed by atoms with Gasteiger partial charge in [0.25, 0.3) is 0 Å². The molecule has 0 spiro atoms. The summed E-state index contributed by atoms with van der Waals surface area (Å²) in [4.78, 5) is 26.1. The molecule has 0 aromatic heterocycles. The number of carbonyl (C=O) groups excluding carboxylic acids is 2.